The van der Waals surface area contributed by atoms with E-state index in [0.29, 0.717) is 24.6 Å². The molecule has 1 aliphatic heterocycles. The molecule has 0 spiro atoms. The maximum Gasteiger partial charge on any atom is 0.225 e. The number of likely N-dealkylation sites (tertiary alicyclic amines) is 1. The quantitative estimate of drug-likeness (QED) is 0.292. The van der Waals surface area contributed by atoms with E-state index in [4.69, 9.17) is 4.74 Å². The van der Waals surface area contributed by atoms with Gasteiger partial charge in [-0.05, 0) is 51.0 Å². The van der Waals surface area contributed by atoms with Crippen molar-refractivity contribution in [3.63, 3.8) is 0 Å². The zero-order valence-corrected chi connectivity index (χ0v) is 21.6. The summed E-state index contributed by atoms with van der Waals surface area (Å²) in [5, 5.41) is 6.97. The van der Waals surface area contributed by atoms with E-state index < -0.39 is 0 Å². The lowest BCUT2D eigenvalue weighted by atomic mass is 9.96. The van der Waals surface area contributed by atoms with Crippen molar-refractivity contribution in [2.75, 3.05) is 20.1 Å². The lowest BCUT2D eigenvalue weighted by Gasteiger charge is -2.35. The number of ether oxygens (including phenoxy) is 1. The lowest BCUT2D eigenvalue weighted by Crippen LogP contribution is -2.50. The molecule has 1 amide bonds. The highest BCUT2D eigenvalue weighted by atomic mass is 127. The number of rotatable bonds is 8. The van der Waals surface area contributed by atoms with Crippen LogP contribution in [0.2, 0.25) is 0 Å². The maximum absolute atomic E-state index is 12.6. The molecule has 1 aliphatic carbocycles. The first-order valence-electron chi connectivity index (χ1n) is 11.6. The molecule has 3 rings (SSSR count). The summed E-state index contributed by atoms with van der Waals surface area (Å²) in [6.45, 7) is 6.52. The molecule has 1 aromatic rings. The van der Waals surface area contributed by atoms with Crippen molar-refractivity contribution in [1.29, 1.82) is 0 Å². The van der Waals surface area contributed by atoms with Gasteiger partial charge in [-0.25, -0.2) is 0 Å². The first kappa shape index (κ1) is 25.7. The number of halogens is 1. The fourth-order valence-corrected chi connectivity index (χ4v) is 4.14. The minimum absolute atomic E-state index is 0. The predicted octanol–water partition coefficient (Wildman–Crippen LogP) is 4.33. The Labute approximate surface area is 204 Å². The second-order valence-electron chi connectivity index (χ2n) is 8.46. The highest BCUT2D eigenvalue weighted by molar-refractivity contribution is 14.0. The number of hydrogen-bond donors (Lipinski definition) is 2. The van der Waals surface area contributed by atoms with E-state index in [1.165, 1.54) is 6.42 Å². The number of para-hydroxylation sites is 1. The van der Waals surface area contributed by atoms with Crippen molar-refractivity contribution in [3.8, 4) is 5.75 Å². The molecule has 2 aliphatic rings. The fraction of sp³-hybridized carbons (Fsp3) is 0.667. The topological polar surface area (TPSA) is 66.0 Å². The second-order valence-corrected chi connectivity index (χ2v) is 8.46. The van der Waals surface area contributed by atoms with Gasteiger partial charge in [0.25, 0.3) is 0 Å². The molecular weight excluding hydrogens is 503 g/mol. The van der Waals surface area contributed by atoms with Gasteiger partial charge in [-0.2, -0.15) is 0 Å². The number of aliphatic imine (C=N–C) groups is 1. The molecule has 0 radical (unpaired) electrons. The normalized spacial score (nSPS) is 17.7. The van der Waals surface area contributed by atoms with Crippen molar-refractivity contribution < 1.29 is 9.53 Å². The van der Waals surface area contributed by atoms with Crippen LogP contribution in [0.3, 0.4) is 0 Å². The van der Waals surface area contributed by atoms with Gasteiger partial charge in [-0.3, -0.25) is 9.79 Å². The number of guanidine groups is 1. The number of piperidine rings is 1. The van der Waals surface area contributed by atoms with Gasteiger partial charge in [0, 0.05) is 44.2 Å². The van der Waals surface area contributed by atoms with Crippen LogP contribution in [0.15, 0.2) is 29.3 Å². The van der Waals surface area contributed by atoms with Gasteiger partial charge >= 0.3 is 0 Å². The summed E-state index contributed by atoms with van der Waals surface area (Å²) in [7, 11) is 1.80. The highest BCUT2D eigenvalue weighted by Gasteiger charge is 2.27. The standard InChI is InChI=1S/C24H38N4O2.HI/c1-4-18(5-2)23(29)28-15-13-20(14-16-28)27-24(25-3)26-17-19-9-6-7-12-22(19)30-21-10-8-11-21;/h6-7,9,12,18,20-21H,4-5,8,10-11,13-17H2,1-3H3,(H2,25,26,27);1H. The summed E-state index contributed by atoms with van der Waals surface area (Å²) in [5.74, 6) is 2.27. The molecule has 174 valence electrons. The van der Waals surface area contributed by atoms with Crippen molar-refractivity contribution in [2.45, 2.75) is 77.5 Å². The van der Waals surface area contributed by atoms with Crippen LogP contribution in [0.4, 0.5) is 0 Å². The number of carbonyl (C=O) groups excluding carboxylic acids is 1. The Bertz CT molecular complexity index is 711. The Morgan fingerprint density at radius 3 is 2.42 bits per heavy atom. The molecule has 0 atom stereocenters. The number of benzene rings is 1. The zero-order chi connectivity index (χ0) is 21.3. The smallest absolute Gasteiger partial charge is 0.225 e. The van der Waals surface area contributed by atoms with E-state index in [0.717, 1.165) is 68.9 Å². The molecule has 31 heavy (non-hydrogen) atoms. The van der Waals surface area contributed by atoms with Crippen LogP contribution in [0, 0.1) is 5.92 Å². The average molecular weight is 543 g/mol. The van der Waals surface area contributed by atoms with E-state index in [1.54, 1.807) is 7.05 Å². The Balaban J connectivity index is 0.00000341. The van der Waals surface area contributed by atoms with Crippen LogP contribution in [0.25, 0.3) is 0 Å². The molecule has 1 aromatic carbocycles. The largest absolute Gasteiger partial charge is 0.490 e. The SMILES string of the molecule is CCC(CC)C(=O)N1CCC(NC(=NC)NCc2ccccc2OC2CCC2)CC1.I. The molecule has 2 N–H and O–H groups in total. The van der Waals surface area contributed by atoms with Crippen LogP contribution >= 0.6 is 24.0 Å². The van der Waals surface area contributed by atoms with Crippen LogP contribution in [-0.4, -0.2) is 49.0 Å². The van der Waals surface area contributed by atoms with Crippen molar-refractivity contribution in [2.24, 2.45) is 10.9 Å². The van der Waals surface area contributed by atoms with E-state index in [9.17, 15) is 4.79 Å². The van der Waals surface area contributed by atoms with E-state index in [2.05, 4.69) is 41.6 Å². The van der Waals surface area contributed by atoms with E-state index in [-0.39, 0.29) is 29.9 Å². The Kier molecular flexibility index (Phi) is 10.9. The monoisotopic (exact) mass is 542 g/mol. The molecule has 1 saturated heterocycles. The molecule has 6 nitrogen and oxygen atoms in total. The molecule has 2 fully saturated rings. The first-order chi connectivity index (χ1) is 14.6. The predicted molar refractivity (Wildman–Crippen MR) is 137 cm³/mol. The first-order valence-corrected chi connectivity index (χ1v) is 11.6. The summed E-state index contributed by atoms with van der Waals surface area (Å²) in [4.78, 5) is 19.0. The summed E-state index contributed by atoms with van der Waals surface area (Å²) < 4.78 is 6.13. The van der Waals surface area contributed by atoms with Crippen molar-refractivity contribution >= 4 is 35.8 Å². The Hall–Kier alpha value is -1.51. The molecule has 1 saturated carbocycles. The van der Waals surface area contributed by atoms with Crippen molar-refractivity contribution in [3.05, 3.63) is 29.8 Å². The minimum Gasteiger partial charge on any atom is -0.490 e. The summed E-state index contributed by atoms with van der Waals surface area (Å²) >= 11 is 0. The Morgan fingerprint density at radius 2 is 1.84 bits per heavy atom. The van der Waals surface area contributed by atoms with Crippen LogP contribution in [0.5, 0.6) is 5.75 Å². The molecule has 0 aromatic heterocycles. The maximum atomic E-state index is 12.6. The van der Waals surface area contributed by atoms with Gasteiger partial charge in [0.15, 0.2) is 5.96 Å². The molecule has 0 bridgehead atoms. The van der Waals surface area contributed by atoms with E-state index in [1.807, 2.05) is 17.0 Å². The summed E-state index contributed by atoms with van der Waals surface area (Å²) in [5.41, 5.74) is 1.15. The third kappa shape index (κ3) is 7.26. The van der Waals surface area contributed by atoms with Crippen LogP contribution < -0.4 is 15.4 Å². The van der Waals surface area contributed by atoms with Gasteiger partial charge in [0.2, 0.25) is 5.91 Å². The van der Waals surface area contributed by atoms with E-state index >= 15 is 0 Å². The van der Waals surface area contributed by atoms with Crippen LogP contribution in [0.1, 0.15) is 64.4 Å². The lowest BCUT2D eigenvalue weighted by molar-refractivity contribution is -0.136. The zero-order valence-electron chi connectivity index (χ0n) is 19.2. The molecular formula is C24H39IN4O2. The summed E-state index contributed by atoms with van der Waals surface area (Å²) in [6, 6.07) is 8.58. The van der Waals surface area contributed by atoms with Crippen LogP contribution in [-0.2, 0) is 11.3 Å². The van der Waals surface area contributed by atoms with Gasteiger partial charge in [-0.15, -0.1) is 24.0 Å². The average Bonchev–Trinajstić information content (AvgIpc) is 2.75. The third-order valence-electron chi connectivity index (χ3n) is 6.47. The number of amides is 1. The molecule has 1 heterocycles. The Morgan fingerprint density at radius 1 is 1.16 bits per heavy atom. The van der Waals surface area contributed by atoms with Gasteiger partial charge in [0.1, 0.15) is 5.75 Å². The number of carbonyl (C=O) groups is 1. The van der Waals surface area contributed by atoms with Gasteiger partial charge < -0.3 is 20.3 Å². The minimum atomic E-state index is 0. The number of hydrogen-bond acceptors (Lipinski definition) is 3. The second kappa shape index (κ2) is 13.1. The number of nitrogens with zero attached hydrogens (tertiary/aromatic N) is 2. The number of nitrogens with one attached hydrogen (secondary N) is 2. The molecule has 0 unspecified atom stereocenters. The molecule has 7 heteroatoms. The summed E-state index contributed by atoms with van der Waals surface area (Å²) in [6.07, 6.45) is 7.71. The highest BCUT2D eigenvalue weighted by Crippen LogP contribution is 2.27. The fourth-order valence-electron chi connectivity index (χ4n) is 4.14. The third-order valence-corrected chi connectivity index (χ3v) is 6.47. The van der Waals surface area contributed by atoms with Gasteiger partial charge in [-0.1, -0.05) is 32.0 Å². The van der Waals surface area contributed by atoms with Crippen molar-refractivity contribution in [1.82, 2.24) is 15.5 Å². The van der Waals surface area contributed by atoms with Gasteiger partial charge in [0.05, 0.1) is 6.10 Å².